The Morgan fingerprint density at radius 2 is 1.77 bits per heavy atom. The fourth-order valence-corrected chi connectivity index (χ4v) is 4.11. The lowest BCUT2D eigenvalue weighted by molar-refractivity contribution is -0.116. The van der Waals surface area contributed by atoms with Gasteiger partial charge in [-0.3, -0.25) is 9.78 Å². The SMILES string of the molecule is O=C(Cn1ccnc1-c1ccccc1)Nc1ccc(N2CCCC2)c2ncccc12. The van der Waals surface area contributed by atoms with E-state index in [4.69, 9.17) is 0 Å². The molecule has 4 aromatic rings. The largest absolute Gasteiger partial charge is 0.370 e. The molecule has 0 atom stereocenters. The number of hydrogen-bond acceptors (Lipinski definition) is 4. The minimum atomic E-state index is -0.0933. The van der Waals surface area contributed by atoms with E-state index in [1.165, 1.54) is 12.8 Å². The summed E-state index contributed by atoms with van der Waals surface area (Å²) in [6, 6.07) is 17.9. The van der Waals surface area contributed by atoms with Gasteiger partial charge < -0.3 is 14.8 Å². The number of aromatic nitrogens is 3. The monoisotopic (exact) mass is 397 g/mol. The Morgan fingerprint density at radius 3 is 2.60 bits per heavy atom. The highest BCUT2D eigenvalue weighted by atomic mass is 16.1. The maximum atomic E-state index is 12.9. The molecule has 0 aliphatic carbocycles. The molecule has 2 aromatic carbocycles. The lowest BCUT2D eigenvalue weighted by atomic mass is 10.1. The van der Waals surface area contributed by atoms with E-state index in [0.29, 0.717) is 0 Å². The molecule has 5 rings (SSSR count). The first-order valence-electron chi connectivity index (χ1n) is 10.3. The Bertz CT molecular complexity index is 1180. The summed E-state index contributed by atoms with van der Waals surface area (Å²) < 4.78 is 1.86. The molecular weight excluding hydrogens is 374 g/mol. The second-order valence-corrected chi connectivity index (χ2v) is 7.52. The van der Waals surface area contributed by atoms with E-state index in [1.54, 1.807) is 6.20 Å². The van der Waals surface area contributed by atoms with Crippen molar-refractivity contribution in [2.24, 2.45) is 0 Å². The van der Waals surface area contributed by atoms with Gasteiger partial charge in [-0.1, -0.05) is 30.3 Å². The van der Waals surface area contributed by atoms with E-state index in [1.807, 2.05) is 65.5 Å². The third-order valence-electron chi connectivity index (χ3n) is 5.53. The molecule has 2 aromatic heterocycles. The molecule has 0 saturated carbocycles. The zero-order valence-electron chi connectivity index (χ0n) is 16.7. The standard InChI is InChI=1S/C24H23N5O/c30-22(17-29-16-13-26-24(29)18-7-2-1-3-8-18)27-20-10-11-21(28-14-4-5-15-28)23-19(20)9-6-12-25-23/h1-3,6-13,16H,4-5,14-15,17H2,(H,27,30). The van der Waals surface area contributed by atoms with Gasteiger partial charge in [-0.15, -0.1) is 0 Å². The van der Waals surface area contributed by atoms with Crippen molar-refractivity contribution in [3.63, 3.8) is 0 Å². The van der Waals surface area contributed by atoms with Gasteiger partial charge in [-0.2, -0.15) is 0 Å². The molecule has 1 N–H and O–H groups in total. The smallest absolute Gasteiger partial charge is 0.244 e. The third kappa shape index (κ3) is 3.52. The Morgan fingerprint density at radius 1 is 0.933 bits per heavy atom. The van der Waals surface area contributed by atoms with Crippen LogP contribution in [0.4, 0.5) is 11.4 Å². The van der Waals surface area contributed by atoms with Crippen LogP contribution < -0.4 is 10.2 Å². The molecule has 1 aliphatic heterocycles. The molecule has 6 heteroatoms. The zero-order valence-corrected chi connectivity index (χ0v) is 16.7. The summed E-state index contributed by atoms with van der Waals surface area (Å²) in [5.41, 5.74) is 3.85. The van der Waals surface area contributed by atoms with Gasteiger partial charge in [-0.05, 0) is 37.1 Å². The first-order chi connectivity index (χ1) is 14.8. The quantitative estimate of drug-likeness (QED) is 0.544. The van der Waals surface area contributed by atoms with Crippen LogP contribution in [0, 0.1) is 0 Å². The Balaban J connectivity index is 1.40. The van der Waals surface area contributed by atoms with Crippen LogP contribution in [0.25, 0.3) is 22.3 Å². The number of fused-ring (bicyclic) bond motifs is 1. The van der Waals surface area contributed by atoms with Gasteiger partial charge in [0.15, 0.2) is 0 Å². The summed E-state index contributed by atoms with van der Waals surface area (Å²) in [6.45, 7) is 2.31. The number of anilines is 2. The molecule has 0 spiro atoms. The maximum Gasteiger partial charge on any atom is 0.244 e. The highest BCUT2D eigenvalue weighted by Crippen LogP contribution is 2.32. The van der Waals surface area contributed by atoms with Gasteiger partial charge in [0.2, 0.25) is 5.91 Å². The first kappa shape index (κ1) is 18.4. The Kier molecular flexibility index (Phi) is 4.89. The molecular formula is C24H23N5O. The molecule has 1 amide bonds. The summed E-state index contributed by atoms with van der Waals surface area (Å²) in [4.78, 5) is 24.3. The summed E-state index contributed by atoms with van der Waals surface area (Å²) in [5, 5.41) is 4.04. The molecule has 1 fully saturated rings. The number of benzene rings is 2. The number of amides is 1. The van der Waals surface area contributed by atoms with Crippen molar-refractivity contribution < 1.29 is 4.79 Å². The number of nitrogens with zero attached hydrogens (tertiary/aromatic N) is 4. The van der Waals surface area contributed by atoms with E-state index >= 15 is 0 Å². The van der Waals surface area contributed by atoms with E-state index in [0.717, 1.165) is 46.8 Å². The Hall–Kier alpha value is -3.67. The van der Waals surface area contributed by atoms with Crippen LogP contribution >= 0.6 is 0 Å². The van der Waals surface area contributed by atoms with Gasteiger partial charge in [0.05, 0.1) is 16.9 Å². The minimum absolute atomic E-state index is 0.0933. The van der Waals surface area contributed by atoms with Crippen molar-refractivity contribution in [1.82, 2.24) is 14.5 Å². The van der Waals surface area contributed by atoms with Gasteiger partial charge in [0.1, 0.15) is 12.4 Å². The Labute approximate surface area is 175 Å². The van der Waals surface area contributed by atoms with Gasteiger partial charge in [0, 0.05) is 42.6 Å². The third-order valence-corrected chi connectivity index (χ3v) is 5.53. The average molecular weight is 397 g/mol. The number of hydrogen-bond donors (Lipinski definition) is 1. The van der Waals surface area contributed by atoms with Gasteiger partial charge in [0.25, 0.3) is 0 Å². The molecule has 3 heterocycles. The fourth-order valence-electron chi connectivity index (χ4n) is 4.11. The van der Waals surface area contributed by atoms with Crippen molar-refractivity contribution in [3.8, 4) is 11.4 Å². The molecule has 0 radical (unpaired) electrons. The minimum Gasteiger partial charge on any atom is -0.370 e. The lowest BCUT2D eigenvalue weighted by Crippen LogP contribution is -2.20. The lowest BCUT2D eigenvalue weighted by Gasteiger charge is -2.20. The molecule has 1 saturated heterocycles. The summed E-state index contributed by atoms with van der Waals surface area (Å²) >= 11 is 0. The number of imidazole rings is 1. The molecule has 0 bridgehead atoms. The number of nitrogens with one attached hydrogen (secondary N) is 1. The number of rotatable bonds is 5. The predicted molar refractivity (Wildman–Crippen MR) is 119 cm³/mol. The molecule has 6 nitrogen and oxygen atoms in total. The average Bonchev–Trinajstić information content (AvgIpc) is 3.47. The zero-order chi connectivity index (χ0) is 20.3. The number of pyridine rings is 1. The van der Waals surface area contributed by atoms with E-state index in [9.17, 15) is 4.79 Å². The molecule has 1 aliphatic rings. The van der Waals surface area contributed by atoms with E-state index in [2.05, 4.69) is 26.3 Å². The van der Waals surface area contributed by atoms with Gasteiger partial charge in [-0.25, -0.2) is 4.98 Å². The predicted octanol–water partition coefficient (Wildman–Crippen LogP) is 4.34. The highest BCUT2D eigenvalue weighted by Gasteiger charge is 2.18. The topological polar surface area (TPSA) is 63.1 Å². The maximum absolute atomic E-state index is 12.9. The van der Waals surface area contributed by atoms with Crippen molar-refractivity contribution in [3.05, 3.63) is 73.2 Å². The first-order valence-corrected chi connectivity index (χ1v) is 10.3. The van der Waals surface area contributed by atoms with Crippen LogP contribution in [0.5, 0.6) is 0 Å². The van der Waals surface area contributed by atoms with Gasteiger partial charge >= 0.3 is 0 Å². The second-order valence-electron chi connectivity index (χ2n) is 7.52. The van der Waals surface area contributed by atoms with Crippen LogP contribution in [0.15, 0.2) is 73.2 Å². The van der Waals surface area contributed by atoms with Crippen LogP contribution in [0.3, 0.4) is 0 Å². The molecule has 30 heavy (non-hydrogen) atoms. The second kappa shape index (κ2) is 7.99. The number of carbonyl (C=O) groups excluding carboxylic acids is 1. The van der Waals surface area contributed by atoms with Crippen LogP contribution in [-0.2, 0) is 11.3 Å². The van der Waals surface area contributed by atoms with Crippen LogP contribution in [-0.4, -0.2) is 33.5 Å². The van der Waals surface area contributed by atoms with Crippen LogP contribution in [0.1, 0.15) is 12.8 Å². The molecule has 0 unspecified atom stereocenters. The van der Waals surface area contributed by atoms with Crippen molar-refractivity contribution >= 4 is 28.2 Å². The normalized spacial score (nSPS) is 13.7. The summed E-state index contributed by atoms with van der Waals surface area (Å²) in [5.74, 6) is 0.686. The summed E-state index contributed by atoms with van der Waals surface area (Å²) in [6.07, 6.45) is 7.78. The van der Waals surface area contributed by atoms with Crippen molar-refractivity contribution in [2.75, 3.05) is 23.3 Å². The van der Waals surface area contributed by atoms with Crippen molar-refractivity contribution in [1.29, 1.82) is 0 Å². The van der Waals surface area contributed by atoms with Crippen LogP contribution in [0.2, 0.25) is 0 Å². The van der Waals surface area contributed by atoms with Crippen molar-refractivity contribution in [2.45, 2.75) is 19.4 Å². The number of carbonyl (C=O) groups is 1. The molecule has 150 valence electrons. The fraction of sp³-hybridized carbons (Fsp3) is 0.208. The summed E-state index contributed by atoms with van der Waals surface area (Å²) in [7, 11) is 0. The highest BCUT2D eigenvalue weighted by molar-refractivity contribution is 6.05. The van der Waals surface area contributed by atoms with E-state index in [-0.39, 0.29) is 12.5 Å². The van der Waals surface area contributed by atoms with E-state index < -0.39 is 0 Å².